The molecule has 5 nitrogen and oxygen atoms in total. The zero-order valence-corrected chi connectivity index (χ0v) is 14.5. The predicted molar refractivity (Wildman–Crippen MR) is 96.0 cm³/mol. The van der Waals surface area contributed by atoms with E-state index in [1.165, 1.54) is 6.07 Å². The van der Waals surface area contributed by atoms with Crippen LogP contribution in [0.1, 0.15) is 34.8 Å². The lowest BCUT2D eigenvalue weighted by Crippen LogP contribution is -2.36. The van der Waals surface area contributed by atoms with Crippen molar-refractivity contribution in [1.29, 1.82) is 0 Å². The molecule has 0 aliphatic heterocycles. The van der Waals surface area contributed by atoms with E-state index in [2.05, 4.69) is 5.32 Å². The molecule has 2 N–H and O–H groups in total. The van der Waals surface area contributed by atoms with Crippen LogP contribution in [0, 0.1) is 6.92 Å². The van der Waals surface area contributed by atoms with Crippen LogP contribution in [0.4, 0.5) is 0 Å². The molecule has 2 aromatic rings. The molecule has 0 aliphatic rings. The Kier molecular flexibility index (Phi) is 6.57. The maximum atomic E-state index is 12.2. The molecule has 0 aromatic heterocycles. The fraction of sp³-hybridized carbons (Fsp3) is 0.300. The highest BCUT2D eigenvalue weighted by molar-refractivity contribution is 5.91. The summed E-state index contributed by atoms with van der Waals surface area (Å²) in [6.45, 7) is 4.34. The molecule has 0 saturated heterocycles. The molecule has 2 aromatic carbocycles. The van der Waals surface area contributed by atoms with Gasteiger partial charge in [0.2, 0.25) is 5.91 Å². The van der Waals surface area contributed by atoms with Gasteiger partial charge in [-0.15, -0.1) is 0 Å². The lowest BCUT2D eigenvalue weighted by Gasteiger charge is -2.19. The Labute approximate surface area is 147 Å². The quantitative estimate of drug-likeness (QED) is 0.773. The maximum Gasteiger partial charge on any atom is 0.335 e. The van der Waals surface area contributed by atoms with Crippen molar-refractivity contribution < 1.29 is 19.4 Å². The fourth-order valence-electron chi connectivity index (χ4n) is 2.48. The second-order valence-electron chi connectivity index (χ2n) is 5.86. The third-order valence-electron chi connectivity index (χ3n) is 3.97. The molecule has 0 fully saturated rings. The van der Waals surface area contributed by atoms with E-state index >= 15 is 0 Å². The number of carboxylic acid groups (broad SMARTS) is 1. The zero-order valence-electron chi connectivity index (χ0n) is 14.5. The number of nitrogens with one attached hydrogen (secondary N) is 1. The van der Waals surface area contributed by atoms with Crippen LogP contribution in [0.5, 0.6) is 5.75 Å². The summed E-state index contributed by atoms with van der Waals surface area (Å²) in [5, 5.41) is 12.0. The first-order chi connectivity index (χ1) is 12.0. The molecule has 0 aliphatic carbocycles. The van der Waals surface area contributed by atoms with Gasteiger partial charge in [0.1, 0.15) is 11.9 Å². The van der Waals surface area contributed by atoms with E-state index in [4.69, 9.17) is 4.74 Å². The second-order valence-corrected chi connectivity index (χ2v) is 5.86. The summed E-state index contributed by atoms with van der Waals surface area (Å²) >= 11 is 0. The molecular weight excluding hydrogens is 318 g/mol. The van der Waals surface area contributed by atoms with Crippen molar-refractivity contribution in [3.05, 3.63) is 65.2 Å². The maximum absolute atomic E-state index is 12.2. The van der Waals surface area contributed by atoms with Gasteiger partial charge < -0.3 is 15.2 Å². The summed E-state index contributed by atoms with van der Waals surface area (Å²) in [4.78, 5) is 23.4. The van der Waals surface area contributed by atoms with Gasteiger partial charge in [0.15, 0.2) is 0 Å². The lowest BCUT2D eigenvalue weighted by atomic mass is 10.0. The van der Waals surface area contributed by atoms with Crippen molar-refractivity contribution in [3.63, 3.8) is 0 Å². The van der Waals surface area contributed by atoms with E-state index in [1.807, 2.05) is 38.1 Å². The summed E-state index contributed by atoms with van der Waals surface area (Å²) < 4.78 is 5.95. The van der Waals surface area contributed by atoms with Crippen molar-refractivity contribution in [2.24, 2.45) is 0 Å². The Balaban J connectivity index is 1.92. The number of hydrogen-bond acceptors (Lipinski definition) is 3. The average Bonchev–Trinajstić information content (AvgIpc) is 2.60. The molecule has 0 heterocycles. The van der Waals surface area contributed by atoms with Gasteiger partial charge in [-0.05, 0) is 36.6 Å². The Morgan fingerprint density at radius 1 is 1.12 bits per heavy atom. The number of carbonyl (C=O) groups is 2. The number of amides is 1. The van der Waals surface area contributed by atoms with Gasteiger partial charge in [0.25, 0.3) is 0 Å². The first-order valence-corrected chi connectivity index (χ1v) is 8.31. The van der Waals surface area contributed by atoms with Crippen molar-refractivity contribution >= 4 is 11.9 Å². The molecule has 1 amide bonds. The van der Waals surface area contributed by atoms with Crippen LogP contribution in [-0.2, 0) is 11.2 Å². The van der Waals surface area contributed by atoms with E-state index in [0.717, 1.165) is 17.7 Å². The van der Waals surface area contributed by atoms with Crippen molar-refractivity contribution in [1.82, 2.24) is 5.32 Å². The molecule has 5 heteroatoms. The smallest absolute Gasteiger partial charge is 0.335 e. The molecule has 1 atom stereocenters. The van der Waals surface area contributed by atoms with Crippen LogP contribution in [0.15, 0.2) is 48.5 Å². The molecule has 0 bridgehead atoms. The largest absolute Gasteiger partial charge is 0.488 e. The van der Waals surface area contributed by atoms with Gasteiger partial charge in [0, 0.05) is 0 Å². The molecule has 2 rings (SSSR count). The number of hydrogen-bond donors (Lipinski definition) is 2. The standard InChI is InChI=1S/C20H23NO4/c1-3-16(25-18-11-7-4-8-14(18)2)13-21-19(22)12-15-9-5-6-10-17(15)20(23)24/h4-11,16H,3,12-13H2,1-2H3,(H,21,22)(H,23,24). The molecule has 1 unspecified atom stereocenters. The number of carbonyl (C=O) groups excluding carboxylic acids is 1. The highest BCUT2D eigenvalue weighted by atomic mass is 16.5. The van der Waals surface area contributed by atoms with Crippen LogP contribution in [0.25, 0.3) is 0 Å². The minimum absolute atomic E-state index is 0.0310. The molecule has 0 saturated carbocycles. The number of ether oxygens (including phenoxy) is 1. The fourth-order valence-corrected chi connectivity index (χ4v) is 2.48. The second kappa shape index (κ2) is 8.87. The topological polar surface area (TPSA) is 75.6 Å². The molecular formula is C20H23NO4. The number of aromatic carboxylic acids is 1. The highest BCUT2D eigenvalue weighted by Gasteiger charge is 2.15. The number of para-hydroxylation sites is 1. The average molecular weight is 341 g/mol. The van der Waals surface area contributed by atoms with Gasteiger partial charge in [-0.3, -0.25) is 4.79 Å². The number of rotatable bonds is 8. The Morgan fingerprint density at radius 2 is 1.80 bits per heavy atom. The van der Waals surface area contributed by atoms with Gasteiger partial charge in [-0.2, -0.15) is 0 Å². The van der Waals surface area contributed by atoms with Crippen LogP contribution in [0.3, 0.4) is 0 Å². The summed E-state index contributed by atoms with van der Waals surface area (Å²) in [5.41, 5.74) is 1.70. The van der Waals surface area contributed by atoms with E-state index in [-0.39, 0.29) is 24.0 Å². The van der Waals surface area contributed by atoms with Gasteiger partial charge in [-0.25, -0.2) is 4.79 Å². The van der Waals surface area contributed by atoms with Crippen LogP contribution in [0.2, 0.25) is 0 Å². The van der Waals surface area contributed by atoms with Gasteiger partial charge in [0.05, 0.1) is 18.5 Å². The van der Waals surface area contributed by atoms with Crippen molar-refractivity contribution in [3.8, 4) is 5.75 Å². The SMILES string of the molecule is CCC(CNC(=O)Cc1ccccc1C(=O)O)Oc1ccccc1C. The van der Waals surface area contributed by atoms with Crippen LogP contribution < -0.4 is 10.1 Å². The highest BCUT2D eigenvalue weighted by Crippen LogP contribution is 2.18. The first kappa shape index (κ1) is 18.5. The van der Waals surface area contributed by atoms with Crippen LogP contribution in [-0.4, -0.2) is 29.6 Å². The summed E-state index contributed by atoms with van der Waals surface area (Å²) in [7, 11) is 0. The Hall–Kier alpha value is -2.82. The number of aryl methyl sites for hydroxylation is 1. The summed E-state index contributed by atoms with van der Waals surface area (Å²) in [6, 6.07) is 14.3. The number of benzene rings is 2. The minimum Gasteiger partial charge on any atom is -0.488 e. The van der Waals surface area contributed by atoms with E-state index in [0.29, 0.717) is 12.1 Å². The number of carboxylic acids is 1. The monoisotopic (exact) mass is 341 g/mol. The van der Waals surface area contributed by atoms with Crippen molar-refractivity contribution in [2.45, 2.75) is 32.8 Å². The normalized spacial score (nSPS) is 11.6. The molecule has 132 valence electrons. The summed E-state index contributed by atoms with van der Waals surface area (Å²) in [5.74, 6) is -0.446. The Bertz CT molecular complexity index is 742. The Morgan fingerprint density at radius 3 is 2.48 bits per heavy atom. The molecule has 0 spiro atoms. The van der Waals surface area contributed by atoms with Crippen LogP contribution >= 0.6 is 0 Å². The van der Waals surface area contributed by atoms with E-state index in [1.54, 1.807) is 18.2 Å². The van der Waals surface area contributed by atoms with Gasteiger partial charge in [-0.1, -0.05) is 43.3 Å². The van der Waals surface area contributed by atoms with Crippen molar-refractivity contribution in [2.75, 3.05) is 6.54 Å². The van der Waals surface area contributed by atoms with Gasteiger partial charge >= 0.3 is 5.97 Å². The summed E-state index contributed by atoms with van der Waals surface area (Å²) in [6.07, 6.45) is 0.642. The third-order valence-corrected chi connectivity index (χ3v) is 3.97. The first-order valence-electron chi connectivity index (χ1n) is 8.31. The minimum atomic E-state index is -1.03. The third kappa shape index (κ3) is 5.35. The van der Waals surface area contributed by atoms with E-state index < -0.39 is 5.97 Å². The molecule has 0 radical (unpaired) electrons. The molecule has 25 heavy (non-hydrogen) atoms. The predicted octanol–water partition coefficient (Wildman–Crippen LogP) is 3.21. The lowest BCUT2D eigenvalue weighted by molar-refractivity contribution is -0.120. The zero-order chi connectivity index (χ0) is 18.2. The van der Waals surface area contributed by atoms with E-state index in [9.17, 15) is 14.7 Å².